The zero-order valence-electron chi connectivity index (χ0n) is 13.7. The van der Waals surface area contributed by atoms with E-state index in [9.17, 15) is 4.79 Å². The highest BCUT2D eigenvalue weighted by atomic mass is 79.9. The fourth-order valence-electron chi connectivity index (χ4n) is 2.81. The van der Waals surface area contributed by atoms with Crippen LogP contribution in [0.4, 0.5) is 5.69 Å². The maximum atomic E-state index is 12.4. The molecule has 2 aromatic carbocycles. The molecule has 0 aromatic heterocycles. The monoisotopic (exact) mass is 389 g/mol. The van der Waals surface area contributed by atoms with Crippen LogP contribution in [0.5, 0.6) is 5.75 Å². The molecule has 2 aromatic rings. The second-order valence-electron chi connectivity index (χ2n) is 6.16. The molecule has 3 rings (SSSR count). The van der Waals surface area contributed by atoms with Crippen LogP contribution in [0.15, 0.2) is 53.0 Å². The summed E-state index contributed by atoms with van der Waals surface area (Å²) >= 11 is 3.47. The van der Waals surface area contributed by atoms with E-state index in [0.29, 0.717) is 12.6 Å². The molecular weight excluding hydrogens is 368 g/mol. The normalized spacial score (nSPS) is 14.9. The van der Waals surface area contributed by atoms with Crippen LogP contribution in [0.2, 0.25) is 0 Å². The molecule has 0 saturated heterocycles. The van der Waals surface area contributed by atoms with Crippen molar-refractivity contribution in [1.29, 1.82) is 0 Å². The van der Waals surface area contributed by atoms with Crippen molar-refractivity contribution in [2.45, 2.75) is 25.4 Å². The molecule has 1 atom stereocenters. The number of carbonyl (C=O) groups is 1. The standard InChI is InChI=1S/C19H21BrN2O2/c1-24-16-10-6-14(7-11-16)12-22(15-8-9-15)13-19(23)21-18-5-3-2-4-17(18)20/h2-7,10-11,15H,8-9,12-13H2,1H3,(H,21,23)/p+1. The van der Waals surface area contributed by atoms with Crippen LogP contribution in [0.1, 0.15) is 18.4 Å². The van der Waals surface area contributed by atoms with Crippen LogP contribution < -0.4 is 15.0 Å². The average molecular weight is 390 g/mol. The Morgan fingerprint density at radius 3 is 2.54 bits per heavy atom. The fraction of sp³-hybridized carbons (Fsp3) is 0.316. The van der Waals surface area contributed by atoms with Crippen molar-refractivity contribution in [3.63, 3.8) is 0 Å². The predicted molar refractivity (Wildman–Crippen MR) is 98.3 cm³/mol. The van der Waals surface area contributed by atoms with Crippen molar-refractivity contribution in [3.8, 4) is 5.75 Å². The maximum Gasteiger partial charge on any atom is 0.279 e. The minimum Gasteiger partial charge on any atom is -0.497 e. The zero-order valence-corrected chi connectivity index (χ0v) is 15.3. The van der Waals surface area contributed by atoms with Crippen LogP contribution in [-0.2, 0) is 11.3 Å². The molecule has 1 fully saturated rings. The first-order valence-electron chi connectivity index (χ1n) is 8.17. The number of amides is 1. The molecule has 0 heterocycles. The van der Waals surface area contributed by atoms with Gasteiger partial charge in [-0.15, -0.1) is 0 Å². The van der Waals surface area contributed by atoms with Gasteiger partial charge in [0.05, 0.1) is 18.8 Å². The molecule has 5 heteroatoms. The summed E-state index contributed by atoms with van der Waals surface area (Å²) < 4.78 is 6.10. The lowest BCUT2D eigenvalue weighted by molar-refractivity contribution is -0.916. The first-order chi connectivity index (χ1) is 11.7. The number of anilines is 1. The van der Waals surface area contributed by atoms with Crippen molar-refractivity contribution in [1.82, 2.24) is 0 Å². The molecule has 1 aliphatic carbocycles. The van der Waals surface area contributed by atoms with Gasteiger partial charge in [-0.25, -0.2) is 0 Å². The molecule has 1 aliphatic rings. The van der Waals surface area contributed by atoms with E-state index in [4.69, 9.17) is 4.74 Å². The number of nitrogens with one attached hydrogen (secondary N) is 2. The summed E-state index contributed by atoms with van der Waals surface area (Å²) in [4.78, 5) is 13.7. The highest BCUT2D eigenvalue weighted by Gasteiger charge is 2.34. The molecule has 0 spiro atoms. The van der Waals surface area contributed by atoms with Gasteiger partial charge in [-0.3, -0.25) is 4.79 Å². The third kappa shape index (κ3) is 4.58. The van der Waals surface area contributed by atoms with Crippen molar-refractivity contribution >= 4 is 27.5 Å². The third-order valence-electron chi connectivity index (χ3n) is 4.28. The van der Waals surface area contributed by atoms with E-state index in [1.165, 1.54) is 23.3 Å². The molecule has 0 radical (unpaired) electrons. The van der Waals surface area contributed by atoms with Gasteiger partial charge in [0.25, 0.3) is 5.91 Å². The van der Waals surface area contributed by atoms with E-state index in [1.807, 2.05) is 36.4 Å². The van der Waals surface area contributed by atoms with Gasteiger partial charge < -0.3 is 15.0 Å². The number of benzene rings is 2. The summed E-state index contributed by atoms with van der Waals surface area (Å²) in [5.41, 5.74) is 2.05. The van der Waals surface area contributed by atoms with Gasteiger partial charge in [0.1, 0.15) is 12.3 Å². The van der Waals surface area contributed by atoms with Crippen LogP contribution >= 0.6 is 15.9 Å². The van der Waals surface area contributed by atoms with Gasteiger partial charge in [0.2, 0.25) is 0 Å². The Kier molecular flexibility index (Phi) is 5.53. The van der Waals surface area contributed by atoms with Gasteiger partial charge in [-0.1, -0.05) is 12.1 Å². The van der Waals surface area contributed by atoms with Crippen molar-refractivity contribution in [2.75, 3.05) is 19.0 Å². The molecule has 0 bridgehead atoms. The average Bonchev–Trinajstić information content (AvgIpc) is 3.42. The molecule has 4 nitrogen and oxygen atoms in total. The summed E-state index contributed by atoms with van der Waals surface area (Å²) in [7, 11) is 1.67. The first-order valence-corrected chi connectivity index (χ1v) is 8.97. The Bertz CT molecular complexity index is 699. The summed E-state index contributed by atoms with van der Waals surface area (Å²) in [5.74, 6) is 0.913. The zero-order chi connectivity index (χ0) is 16.9. The smallest absolute Gasteiger partial charge is 0.279 e. The van der Waals surface area contributed by atoms with E-state index in [-0.39, 0.29) is 5.91 Å². The molecule has 24 heavy (non-hydrogen) atoms. The second kappa shape index (κ2) is 7.81. The molecule has 1 saturated carbocycles. The first kappa shape index (κ1) is 17.0. The molecular formula is C19H22BrN2O2+. The lowest BCUT2D eigenvalue weighted by Crippen LogP contribution is -3.13. The number of methoxy groups -OCH3 is 1. The lowest BCUT2D eigenvalue weighted by Gasteiger charge is -2.19. The van der Waals surface area contributed by atoms with Crippen LogP contribution in [0.25, 0.3) is 0 Å². The van der Waals surface area contributed by atoms with E-state index in [1.54, 1.807) is 7.11 Å². The summed E-state index contributed by atoms with van der Waals surface area (Å²) in [6.45, 7) is 1.34. The quantitative estimate of drug-likeness (QED) is 0.764. The van der Waals surface area contributed by atoms with Crippen LogP contribution in [-0.4, -0.2) is 25.6 Å². The maximum absolute atomic E-state index is 12.4. The molecule has 2 N–H and O–H groups in total. The number of para-hydroxylation sites is 1. The van der Waals surface area contributed by atoms with Gasteiger partial charge in [0, 0.05) is 22.9 Å². The van der Waals surface area contributed by atoms with Gasteiger partial charge in [-0.2, -0.15) is 0 Å². The number of rotatable bonds is 7. The van der Waals surface area contributed by atoms with Gasteiger partial charge in [0.15, 0.2) is 6.54 Å². The largest absolute Gasteiger partial charge is 0.497 e. The van der Waals surface area contributed by atoms with E-state index >= 15 is 0 Å². The minimum absolute atomic E-state index is 0.0531. The third-order valence-corrected chi connectivity index (χ3v) is 4.97. The Labute approximate surface area is 150 Å². The summed E-state index contributed by atoms with van der Waals surface area (Å²) in [5, 5.41) is 3.00. The Morgan fingerprint density at radius 2 is 1.92 bits per heavy atom. The topological polar surface area (TPSA) is 42.8 Å². The number of halogens is 1. The van der Waals surface area contributed by atoms with Crippen LogP contribution in [0.3, 0.4) is 0 Å². The van der Waals surface area contributed by atoms with E-state index in [2.05, 4.69) is 33.4 Å². The number of carbonyl (C=O) groups excluding carboxylic acids is 1. The van der Waals surface area contributed by atoms with Crippen molar-refractivity contribution in [2.24, 2.45) is 0 Å². The lowest BCUT2D eigenvalue weighted by atomic mass is 10.2. The molecule has 0 aliphatic heterocycles. The SMILES string of the molecule is COc1ccc(C[NH+](CC(=O)Nc2ccccc2Br)C2CC2)cc1. The summed E-state index contributed by atoms with van der Waals surface area (Å²) in [6.07, 6.45) is 2.40. The number of hydrogen-bond donors (Lipinski definition) is 2. The van der Waals surface area contributed by atoms with Gasteiger partial charge in [-0.05, 0) is 52.3 Å². The van der Waals surface area contributed by atoms with E-state index in [0.717, 1.165) is 22.5 Å². The fourth-order valence-corrected chi connectivity index (χ4v) is 3.20. The predicted octanol–water partition coefficient (Wildman–Crippen LogP) is 2.64. The molecule has 1 amide bonds. The molecule has 1 unspecified atom stereocenters. The second-order valence-corrected chi connectivity index (χ2v) is 7.02. The highest BCUT2D eigenvalue weighted by molar-refractivity contribution is 9.10. The van der Waals surface area contributed by atoms with E-state index < -0.39 is 0 Å². The number of hydrogen-bond acceptors (Lipinski definition) is 2. The van der Waals surface area contributed by atoms with Crippen molar-refractivity contribution in [3.05, 3.63) is 58.6 Å². The van der Waals surface area contributed by atoms with Gasteiger partial charge >= 0.3 is 0 Å². The molecule has 126 valence electrons. The summed E-state index contributed by atoms with van der Waals surface area (Å²) in [6, 6.07) is 16.4. The van der Waals surface area contributed by atoms with Crippen LogP contribution in [0, 0.1) is 0 Å². The Balaban J connectivity index is 1.61. The van der Waals surface area contributed by atoms with Crippen molar-refractivity contribution < 1.29 is 14.4 Å². The minimum atomic E-state index is 0.0531. The highest BCUT2D eigenvalue weighted by Crippen LogP contribution is 2.21. The number of ether oxygens (including phenoxy) is 1. The Hall–Kier alpha value is -1.85. The Morgan fingerprint density at radius 1 is 1.21 bits per heavy atom. The number of quaternary nitrogens is 1.